The number of nitrogens with zero attached hydrogens (tertiary/aromatic N) is 1. The van der Waals surface area contributed by atoms with Crippen LogP contribution < -0.4 is 15.4 Å². The number of nitrogens with one attached hydrogen (secondary N) is 2. The predicted molar refractivity (Wildman–Crippen MR) is 118 cm³/mol. The van der Waals surface area contributed by atoms with Crippen molar-refractivity contribution in [3.8, 4) is 5.75 Å². The number of carbonyl (C=O) groups is 2. The maximum atomic E-state index is 12.5. The Morgan fingerprint density at radius 2 is 1.87 bits per heavy atom. The summed E-state index contributed by atoms with van der Waals surface area (Å²) < 4.78 is 29.4. The van der Waals surface area contributed by atoms with Crippen molar-refractivity contribution >= 4 is 29.6 Å². The number of carbonyl (C=O) groups excluding carboxylic acids is 2. The lowest BCUT2D eigenvalue weighted by Gasteiger charge is -2.16. The van der Waals surface area contributed by atoms with Crippen molar-refractivity contribution < 1.29 is 23.1 Å². The van der Waals surface area contributed by atoms with Crippen molar-refractivity contribution in [1.82, 2.24) is 10.3 Å². The molecule has 0 radical (unpaired) electrons. The van der Waals surface area contributed by atoms with Crippen LogP contribution >= 0.6 is 11.6 Å². The Morgan fingerprint density at radius 1 is 1.23 bits per heavy atom. The average molecular weight is 456 g/mol. The molecule has 170 valence electrons. The monoisotopic (exact) mass is 455 g/mol. The second-order valence-electron chi connectivity index (χ2n) is 7.10. The largest absolute Gasteiger partial charge is 0.486 e. The summed E-state index contributed by atoms with van der Waals surface area (Å²) in [7, 11) is 1.73. The van der Waals surface area contributed by atoms with E-state index in [1.54, 1.807) is 45.2 Å². The predicted octanol–water partition coefficient (Wildman–Crippen LogP) is 5.06. The molecule has 0 aliphatic heterocycles. The molecule has 0 saturated carbocycles. The highest BCUT2D eigenvalue weighted by molar-refractivity contribution is 6.32. The quantitative estimate of drug-likeness (QED) is 0.544. The Balaban J connectivity index is 0.000000861. The molecular formula is C22H28ClF2N3O3. The standard InChI is InChI=1S/C18H20ClF2N3O2.C4H8O/c1-10-6-13(8-17(22-3)23-10)18(25)24-11(2)12-4-5-15(14(19)7-12)26-9-16(20)21;1-4(2)3-5/h4-8,11,16H,9H2,1-3H3,(H,22,23)(H,24,25);3-4H,1-2H3. The summed E-state index contributed by atoms with van der Waals surface area (Å²) in [6.45, 7) is 6.59. The van der Waals surface area contributed by atoms with Gasteiger partial charge >= 0.3 is 0 Å². The fourth-order valence-corrected chi connectivity index (χ4v) is 2.59. The number of amides is 1. The van der Waals surface area contributed by atoms with Gasteiger partial charge in [-0.2, -0.15) is 0 Å². The van der Waals surface area contributed by atoms with E-state index in [1.807, 2.05) is 13.8 Å². The van der Waals surface area contributed by atoms with Crippen molar-refractivity contribution in [3.63, 3.8) is 0 Å². The lowest BCUT2D eigenvalue weighted by Crippen LogP contribution is -2.27. The first-order chi connectivity index (χ1) is 14.6. The first kappa shape index (κ1) is 26.3. The minimum absolute atomic E-state index is 0.178. The fourth-order valence-electron chi connectivity index (χ4n) is 2.35. The average Bonchev–Trinajstić information content (AvgIpc) is 2.72. The first-order valence-electron chi connectivity index (χ1n) is 9.70. The van der Waals surface area contributed by atoms with Crippen LogP contribution in [0.1, 0.15) is 48.4 Å². The molecule has 9 heteroatoms. The summed E-state index contributed by atoms with van der Waals surface area (Å²) >= 11 is 6.07. The van der Waals surface area contributed by atoms with Gasteiger partial charge in [-0.3, -0.25) is 4.79 Å². The van der Waals surface area contributed by atoms with Crippen LogP contribution in [0.2, 0.25) is 5.02 Å². The Kier molecular flexibility index (Phi) is 10.9. The lowest BCUT2D eigenvalue weighted by molar-refractivity contribution is -0.110. The van der Waals surface area contributed by atoms with E-state index in [2.05, 4.69) is 15.6 Å². The summed E-state index contributed by atoms with van der Waals surface area (Å²) in [6.07, 6.45) is -1.66. The summed E-state index contributed by atoms with van der Waals surface area (Å²) in [5.74, 6) is 0.729. The number of hydrogen-bond acceptors (Lipinski definition) is 5. The molecular weight excluding hydrogens is 428 g/mol. The second kappa shape index (κ2) is 12.8. The molecule has 1 unspecified atom stereocenters. The number of rotatable bonds is 8. The van der Waals surface area contributed by atoms with Crippen LogP contribution in [0.5, 0.6) is 5.75 Å². The molecule has 31 heavy (non-hydrogen) atoms. The number of aryl methyl sites for hydroxylation is 1. The van der Waals surface area contributed by atoms with Crippen LogP contribution in [-0.2, 0) is 4.79 Å². The number of hydrogen-bond donors (Lipinski definition) is 2. The fraction of sp³-hybridized carbons (Fsp3) is 0.409. The molecule has 6 nitrogen and oxygen atoms in total. The van der Waals surface area contributed by atoms with E-state index in [-0.39, 0.29) is 28.6 Å². The number of halogens is 3. The van der Waals surface area contributed by atoms with Crippen molar-refractivity contribution in [3.05, 3.63) is 52.2 Å². The molecule has 1 aromatic heterocycles. The highest BCUT2D eigenvalue weighted by Crippen LogP contribution is 2.28. The second-order valence-corrected chi connectivity index (χ2v) is 7.51. The molecule has 0 spiro atoms. The van der Waals surface area contributed by atoms with Crippen LogP contribution in [0, 0.1) is 12.8 Å². The minimum Gasteiger partial charge on any atom is -0.486 e. The Labute approximate surface area is 186 Å². The molecule has 2 rings (SSSR count). The van der Waals surface area contributed by atoms with E-state index in [9.17, 15) is 18.4 Å². The van der Waals surface area contributed by atoms with Crippen molar-refractivity contribution in [2.45, 2.75) is 40.2 Å². The lowest BCUT2D eigenvalue weighted by atomic mass is 10.1. The van der Waals surface area contributed by atoms with Crippen LogP contribution in [0.25, 0.3) is 0 Å². The van der Waals surface area contributed by atoms with Gasteiger partial charge in [-0.05, 0) is 43.7 Å². The normalized spacial score (nSPS) is 11.4. The number of aldehydes is 1. The Hall–Kier alpha value is -2.74. The molecule has 0 fully saturated rings. The van der Waals surface area contributed by atoms with Crippen molar-refractivity contribution in [2.24, 2.45) is 5.92 Å². The van der Waals surface area contributed by atoms with Gasteiger partial charge < -0.3 is 20.2 Å². The van der Waals surface area contributed by atoms with Gasteiger partial charge in [-0.1, -0.05) is 31.5 Å². The third-order valence-corrected chi connectivity index (χ3v) is 4.21. The van der Waals surface area contributed by atoms with Gasteiger partial charge in [0.05, 0.1) is 11.1 Å². The maximum absolute atomic E-state index is 12.5. The number of ether oxygens (including phenoxy) is 1. The summed E-state index contributed by atoms with van der Waals surface area (Å²) in [5, 5.41) is 5.99. The van der Waals surface area contributed by atoms with Gasteiger partial charge in [0, 0.05) is 24.2 Å². The number of benzene rings is 1. The van der Waals surface area contributed by atoms with Gasteiger partial charge in [0.25, 0.3) is 12.3 Å². The van der Waals surface area contributed by atoms with Gasteiger partial charge in [0.1, 0.15) is 24.5 Å². The number of aromatic nitrogens is 1. The summed E-state index contributed by atoms with van der Waals surface area (Å²) in [4.78, 5) is 26.2. The van der Waals surface area contributed by atoms with Gasteiger partial charge in [-0.25, -0.2) is 13.8 Å². The highest BCUT2D eigenvalue weighted by atomic mass is 35.5. The molecule has 0 bridgehead atoms. The van der Waals surface area contributed by atoms with Gasteiger partial charge in [0.2, 0.25) is 0 Å². The van der Waals surface area contributed by atoms with Gasteiger partial charge in [0.15, 0.2) is 0 Å². The summed E-state index contributed by atoms with van der Waals surface area (Å²) in [5.41, 5.74) is 1.93. The van der Waals surface area contributed by atoms with Gasteiger partial charge in [-0.15, -0.1) is 0 Å². The van der Waals surface area contributed by atoms with Crippen LogP contribution in [0.4, 0.5) is 14.6 Å². The zero-order valence-electron chi connectivity index (χ0n) is 18.2. The molecule has 2 aromatic rings. The number of anilines is 1. The third-order valence-electron chi connectivity index (χ3n) is 3.91. The molecule has 0 saturated heterocycles. The van der Waals surface area contributed by atoms with E-state index in [4.69, 9.17) is 16.3 Å². The van der Waals surface area contributed by atoms with Crippen LogP contribution in [0.3, 0.4) is 0 Å². The van der Waals surface area contributed by atoms with E-state index >= 15 is 0 Å². The molecule has 1 heterocycles. The molecule has 0 aliphatic rings. The minimum atomic E-state index is -2.57. The van der Waals surface area contributed by atoms with E-state index in [1.165, 1.54) is 6.07 Å². The molecule has 1 amide bonds. The smallest absolute Gasteiger partial charge is 0.272 e. The summed E-state index contributed by atoms with van der Waals surface area (Å²) in [6, 6.07) is 7.79. The first-order valence-corrected chi connectivity index (χ1v) is 10.1. The number of pyridine rings is 1. The molecule has 1 atom stereocenters. The molecule has 1 aromatic carbocycles. The molecule has 0 aliphatic carbocycles. The van der Waals surface area contributed by atoms with Crippen molar-refractivity contribution in [1.29, 1.82) is 0 Å². The third kappa shape index (κ3) is 9.29. The topological polar surface area (TPSA) is 80.3 Å². The Bertz CT molecular complexity index is 879. The highest BCUT2D eigenvalue weighted by Gasteiger charge is 2.15. The number of alkyl halides is 2. The Morgan fingerprint density at radius 3 is 2.39 bits per heavy atom. The zero-order chi connectivity index (χ0) is 23.6. The van der Waals surface area contributed by atoms with E-state index < -0.39 is 13.0 Å². The van der Waals surface area contributed by atoms with Crippen molar-refractivity contribution in [2.75, 3.05) is 19.0 Å². The van der Waals surface area contributed by atoms with E-state index in [0.717, 1.165) is 17.5 Å². The van der Waals surface area contributed by atoms with E-state index in [0.29, 0.717) is 11.4 Å². The van der Waals surface area contributed by atoms with Crippen LogP contribution in [-0.4, -0.2) is 37.3 Å². The zero-order valence-corrected chi connectivity index (χ0v) is 19.0. The maximum Gasteiger partial charge on any atom is 0.272 e. The molecule has 2 N–H and O–H groups in total. The van der Waals surface area contributed by atoms with Crippen LogP contribution in [0.15, 0.2) is 30.3 Å². The SMILES string of the molecule is CC(C)C=O.CNc1cc(C(=O)NC(C)c2ccc(OCC(F)F)c(Cl)c2)cc(C)n1.